The van der Waals surface area contributed by atoms with Gasteiger partial charge in [0.25, 0.3) is 0 Å². The Balaban J connectivity index is 1.37. The van der Waals surface area contributed by atoms with Crippen LogP contribution in [-0.2, 0) is 4.74 Å². The quantitative estimate of drug-likeness (QED) is 0.452. The number of anilines is 2. The van der Waals surface area contributed by atoms with Crippen LogP contribution in [0.15, 0.2) is 30.7 Å². The molecule has 0 bridgehead atoms. The molecule has 3 aromatic rings. The van der Waals surface area contributed by atoms with Gasteiger partial charge in [-0.1, -0.05) is 13.8 Å². The molecule has 0 unspecified atom stereocenters. The van der Waals surface area contributed by atoms with Crippen molar-refractivity contribution in [1.29, 1.82) is 0 Å². The van der Waals surface area contributed by atoms with E-state index in [1.54, 1.807) is 18.6 Å². The number of alkyl carbamates (subject to hydrolysis) is 1. The number of carbonyl (C=O) groups is 1. The van der Waals surface area contributed by atoms with E-state index in [1.165, 1.54) is 0 Å². The van der Waals surface area contributed by atoms with Gasteiger partial charge in [0.2, 0.25) is 5.95 Å². The first kappa shape index (κ1) is 24.7. The number of hydrogen-bond acceptors (Lipinski definition) is 8. The summed E-state index contributed by atoms with van der Waals surface area (Å²) in [6.45, 7) is 10.7. The van der Waals surface area contributed by atoms with Crippen molar-refractivity contribution in [2.45, 2.75) is 78.0 Å². The first-order valence-electron chi connectivity index (χ1n) is 12.3. The molecule has 3 aromatic heterocycles. The molecule has 1 aliphatic carbocycles. The number of nitrogens with zero attached hydrogens (tertiary/aromatic N) is 5. The van der Waals surface area contributed by atoms with Crippen LogP contribution >= 0.6 is 0 Å². The Kier molecular flexibility index (Phi) is 7.37. The monoisotopic (exact) mass is 480 g/mol. The number of nitrogens with one attached hydrogen (secondary N) is 3. The number of amides is 1. The Labute approximate surface area is 206 Å². The van der Waals surface area contributed by atoms with E-state index in [0.29, 0.717) is 17.9 Å². The van der Waals surface area contributed by atoms with Crippen molar-refractivity contribution >= 4 is 23.5 Å². The smallest absolute Gasteiger partial charge is 0.407 e. The average Bonchev–Trinajstić information content (AvgIpc) is 3.21. The Bertz CT molecular complexity index is 1130. The second-order valence-electron chi connectivity index (χ2n) is 10.5. The molecule has 4 rings (SSSR count). The molecule has 0 radical (unpaired) electrons. The maximum Gasteiger partial charge on any atom is 0.407 e. The lowest BCUT2D eigenvalue weighted by atomic mass is 9.91. The zero-order valence-corrected chi connectivity index (χ0v) is 21.2. The molecular formula is C25H36N8O2. The van der Waals surface area contributed by atoms with Crippen molar-refractivity contribution in [3.63, 3.8) is 0 Å². The second-order valence-corrected chi connectivity index (χ2v) is 10.5. The zero-order valence-electron chi connectivity index (χ0n) is 21.2. The standard InChI is InChI=1S/C25H36N8O2/c1-16(2)12-27-23-28-13-17(14-29-23)20-15-26-22-11-10-21(32-33(20)22)30-18-6-8-19(9-7-18)31-24(34)35-25(3,4)5/h10-11,13-16,18-19H,6-9,12H2,1-5H3,(H,30,32)(H,31,34)(H,27,28,29). The van der Waals surface area contributed by atoms with E-state index in [9.17, 15) is 4.79 Å². The summed E-state index contributed by atoms with van der Waals surface area (Å²) >= 11 is 0. The zero-order chi connectivity index (χ0) is 25.0. The van der Waals surface area contributed by atoms with Gasteiger partial charge in [-0.25, -0.2) is 24.3 Å². The molecule has 188 valence electrons. The van der Waals surface area contributed by atoms with Crippen LogP contribution in [0.4, 0.5) is 16.6 Å². The van der Waals surface area contributed by atoms with Gasteiger partial charge in [0.1, 0.15) is 11.4 Å². The summed E-state index contributed by atoms with van der Waals surface area (Å²) in [7, 11) is 0. The van der Waals surface area contributed by atoms with E-state index in [4.69, 9.17) is 9.84 Å². The van der Waals surface area contributed by atoms with Crippen LogP contribution in [0.2, 0.25) is 0 Å². The molecule has 1 saturated carbocycles. The van der Waals surface area contributed by atoms with Gasteiger partial charge in [-0.05, 0) is 64.5 Å². The van der Waals surface area contributed by atoms with Crippen molar-refractivity contribution in [3.05, 3.63) is 30.7 Å². The number of rotatable bonds is 7. The normalized spacial score (nSPS) is 18.5. The van der Waals surface area contributed by atoms with Crippen molar-refractivity contribution in [3.8, 4) is 11.3 Å². The highest BCUT2D eigenvalue weighted by molar-refractivity contribution is 5.68. The number of hydrogen-bond donors (Lipinski definition) is 3. The van der Waals surface area contributed by atoms with Crippen LogP contribution in [0, 0.1) is 5.92 Å². The number of ether oxygens (including phenoxy) is 1. The fourth-order valence-corrected chi connectivity index (χ4v) is 4.06. The van der Waals surface area contributed by atoms with Gasteiger partial charge in [0, 0.05) is 36.6 Å². The number of imidazole rings is 1. The van der Waals surface area contributed by atoms with E-state index >= 15 is 0 Å². The average molecular weight is 481 g/mol. The van der Waals surface area contributed by atoms with Gasteiger partial charge in [0.05, 0.1) is 11.9 Å². The van der Waals surface area contributed by atoms with Crippen LogP contribution in [0.5, 0.6) is 0 Å². The predicted octanol–water partition coefficient (Wildman–Crippen LogP) is 4.50. The van der Waals surface area contributed by atoms with Crippen LogP contribution < -0.4 is 16.0 Å². The highest BCUT2D eigenvalue weighted by Crippen LogP contribution is 2.24. The summed E-state index contributed by atoms with van der Waals surface area (Å²) in [6, 6.07) is 4.33. The fourth-order valence-electron chi connectivity index (χ4n) is 4.06. The molecule has 35 heavy (non-hydrogen) atoms. The van der Waals surface area contributed by atoms with Crippen LogP contribution in [0.25, 0.3) is 16.9 Å². The highest BCUT2D eigenvalue weighted by Gasteiger charge is 2.25. The van der Waals surface area contributed by atoms with Gasteiger partial charge in [-0.2, -0.15) is 0 Å². The molecule has 0 aromatic carbocycles. The maximum absolute atomic E-state index is 12.0. The predicted molar refractivity (Wildman–Crippen MR) is 136 cm³/mol. The maximum atomic E-state index is 12.0. The lowest BCUT2D eigenvalue weighted by molar-refractivity contribution is 0.0492. The van der Waals surface area contributed by atoms with Crippen molar-refractivity contribution in [1.82, 2.24) is 29.9 Å². The summed E-state index contributed by atoms with van der Waals surface area (Å²) in [5.41, 5.74) is 1.96. The van der Waals surface area contributed by atoms with E-state index in [1.807, 2.05) is 37.4 Å². The van der Waals surface area contributed by atoms with Gasteiger partial charge in [0.15, 0.2) is 5.65 Å². The third-order valence-electron chi connectivity index (χ3n) is 5.78. The van der Waals surface area contributed by atoms with Gasteiger partial charge in [-0.3, -0.25) is 0 Å². The van der Waals surface area contributed by atoms with E-state index in [-0.39, 0.29) is 12.1 Å². The summed E-state index contributed by atoms with van der Waals surface area (Å²) < 4.78 is 7.19. The van der Waals surface area contributed by atoms with Gasteiger partial charge >= 0.3 is 6.09 Å². The Hall–Kier alpha value is -3.43. The molecule has 1 aliphatic rings. The van der Waals surface area contributed by atoms with E-state index in [2.05, 4.69) is 44.7 Å². The molecule has 0 atom stereocenters. The van der Waals surface area contributed by atoms with Crippen molar-refractivity contribution < 1.29 is 9.53 Å². The van der Waals surface area contributed by atoms with E-state index < -0.39 is 5.60 Å². The van der Waals surface area contributed by atoms with E-state index in [0.717, 1.165) is 55.0 Å². The Morgan fingerprint density at radius 1 is 1.06 bits per heavy atom. The highest BCUT2D eigenvalue weighted by atomic mass is 16.6. The molecule has 0 spiro atoms. The summed E-state index contributed by atoms with van der Waals surface area (Å²) in [6.07, 6.45) is 8.69. The van der Waals surface area contributed by atoms with Crippen LogP contribution in [-0.4, -0.2) is 54.9 Å². The Morgan fingerprint density at radius 2 is 1.74 bits per heavy atom. The lowest BCUT2D eigenvalue weighted by Gasteiger charge is -2.30. The Morgan fingerprint density at radius 3 is 2.40 bits per heavy atom. The van der Waals surface area contributed by atoms with Crippen LogP contribution in [0.1, 0.15) is 60.3 Å². The third-order valence-corrected chi connectivity index (χ3v) is 5.78. The topological polar surface area (TPSA) is 118 Å². The molecule has 3 N–H and O–H groups in total. The minimum Gasteiger partial charge on any atom is -0.444 e. The van der Waals surface area contributed by atoms with Gasteiger partial charge in [-0.15, -0.1) is 5.10 Å². The molecule has 10 nitrogen and oxygen atoms in total. The van der Waals surface area contributed by atoms with Crippen molar-refractivity contribution in [2.24, 2.45) is 5.92 Å². The second kappa shape index (κ2) is 10.5. The largest absolute Gasteiger partial charge is 0.444 e. The first-order valence-corrected chi connectivity index (χ1v) is 12.3. The fraction of sp³-hybridized carbons (Fsp3) is 0.560. The molecule has 0 aliphatic heterocycles. The molecule has 3 heterocycles. The van der Waals surface area contributed by atoms with Gasteiger partial charge < -0.3 is 20.7 Å². The molecule has 0 saturated heterocycles. The molecule has 1 fully saturated rings. The number of carbonyl (C=O) groups excluding carboxylic acids is 1. The first-order chi connectivity index (χ1) is 16.7. The number of aromatic nitrogens is 5. The summed E-state index contributed by atoms with van der Waals surface area (Å²) in [5, 5.41) is 14.5. The van der Waals surface area contributed by atoms with Crippen LogP contribution in [0.3, 0.4) is 0 Å². The summed E-state index contributed by atoms with van der Waals surface area (Å²) in [4.78, 5) is 25.4. The SMILES string of the molecule is CC(C)CNc1ncc(-c2cnc3ccc(NC4CCC(NC(=O)OC(C)(C)C)CC4)nn23)cn1. The van der Waals surface area contributed by atoms with Crippen molar-refractivity contribution in [2.75, 3.05) is 17.2 Å². The summed E-state index contributed by atoms with van der Waals surface area (Å²) in [5.74, 6) is 1.92. The lowest BCUT2D eigenvalue weighted by Crippen LogP contribution is -2.42. The molecular weight excluding hydrogens is 444 g/mol. The minimum absolute atomic E-state index is 0.136. The third kappa shape index (κ3) is 6.80. The molecule has 10 heteroatoms. The minimum atomic E-state index is -0.488. The molecule has 1 amide bonds. The number of fused-ring (bicyclic) bond motifs is 1.